The van der Waals surface area contributed by atoms with E-state index < -0.39 is 0 Å². The maximum atomic E-state index is 12.6. The molecule has 1 fully saturated rings. The minimum atomic E-state index is 0.00646. The first-order valence-corrected chi connectivity index (χ1v) is 10.5. The summed E-state index contributed by atoms with van der Waals surface area (Å²) in [6.07, 6.45) is 6.33. The molecule has 1 aliphatic heterocycles. The molecule has 2 heterocycles. The summed E-state index contributed by atoms with van der Waals surface area (Å²) in [4.78, 5) is 25.1. The van der Waals surface area contributed by atoms with E-state index in [2.05, 4.69) is 65.2 Å². The van der Waals surface area contributed by atoms with Crippen LogP contribution in [0.4, 0.5) is 5.82 Å². The largest absolute Gasteiger partial charge is 0.354 e. The Hall–Kier alpha value is -2.08. The molecule has 0 bridgehead atoms. The molecule has 0 saturated carbocycles. The third kappa shape index (κ3) is 5.22. The number of anilines is 1. The molecule has 27 heavy (non-hydrogen) atoms. The van der Waals surface area contributed by atoms with E-state index in [1.807, 2.05) is 0 Å². The zero-order chi connectivity index (χ0) is 19.2. The van der Waals surface area contributed by atoms with Crippen LogP contribution in [-0.2, 0) is 4.79 Å². The van der Waals surface area contributed by atoms with Gasteiger partial charge in [0.2, 0.25) is 5.91 Å². The third-order valence-corrected chi connectivity index (χ3v) is 5.96. The van der Waals surface area contributed by atoms with Crippen molar-refractivity contribution in [3.05, 3.63) is 42.2 Å². The van der Waals surface area contributed by atoms with Crippen molar-refractivity contribution in [1.29, 1.82) is 0 Å². The van der Waals surface area contributed by atoms with E-state index in [-0.39, 0.29) is 17.9 Å². The Morgan fingerprint density at radius 2 is 2.04 bits per heavy atom. The highest BCUT2D eigenvalue weighted by molar-refractivity contribution is 7.99. The van der Waals surface area contributed by atoms with Gasteiger partial charge >= 0.3 is 0 Å². The van der Waals surface area contributed by atoms with Crippen LogP contribution in [0.3, 0.4) is 0 Å². The number of amides is 1. The van der Waals surface area contributed by atoms with Gasteiger partial charge in [0.25, 0.3) is 0 Å². The van der Waals surface area contributed by atoms with Crippen molar-refractivity contribution in [2.45, 2.75) is 56.0 Å². The lowest BCUT2D eigenvalue weighted by atomic mass is 9.96. The van der Waals surface area contributed by atoms with Crippen molar-refractivity contribution in [3.63, 3.8) is 0 Å². The molecule has 0 aliphatic carbocycles. The Kier molecular flexibility index (Phi) is 6.72. The molecule has 1 aromatic carbocycles. The molecule has 2 atom stereocenters. The highest BCUT2D eigenvalue weighted by Crippen LogP contribution is 2.34. The Labute approximate surface area is 166 Å². The van der Waals surface area contributed by atoms with E-state index in [1.54, 1.807) is 24.2 Å². The summed E-state index contributed by atoms with van der Waals surface area (Å²) in [7, 11) is 0. The molecule has 144 valence electrons. The summed E-state index contributed by atoms with van der Waals surface area (Å²) >= 11 is 1.62. The minimum Gasteiger partial charge on any atom is -0.354 e. The number of rotatable bonds is 6. The summed E-state index contributed by atoms with van der Waals surface area (Å²) in [5.74, 6) is 1.04. The zero-order valence-electron chi connectivity index (χ0n) is 16.3. The Morgan fingerprint density at radius 3 is 2.78 bits per heavy atom. The molecular formula is C21H28N4OS. The van der Waals surface area contributed by atoms with Gasteiger partial charge in [-0.3, -0.25) is 4.79 Å². The van der Waals surface area contributed by atoms with Crippen molar-refractivity contribution in [3.8, 4) is 0 Å². The zero-order valence-corrected chi connectivity index (χ0v) is 17.1. The van der Waals surface area contributed by atoms with Crippen LogP contribution in [0.25, 0.3) is 0 Å². The lowest BCUT2D eigenvalue weighted by Crippen LogP contribution is -2.45. The lowest BCUT2D eigenvalue weighted by Gasteiger charge is -2.33. The van der Waals surface area contributed by atoms with Crippen LogP contribution < -0.4 is 10.2 Å². The SMILES string of the molecule is CCC(C)NC(=O)C1CCCN(c2nccnc2Sc2ccc(C)cc2)C1. The van der Waals surface area contributed by atoms with Gasteiger partial charge in [-0.2, -0.15) is 0 Å². The lowest BCUT2D eigenvalue weighted by molar-refractivity contribution is -0.125. The van der Waals surface area contributed by atoms with Crippen LogP contribution in [0.15, 0.2) is 46.6 Å². The first-order valence-electron chi connectivity index (χ1n) is 9.67. The molecule has 1 amide bonds. The first-order chi connectivity index (χ1) is 13.1. The van der Waals surface area contributed by atoms with Gasteiger partial charge in [0.15, 0.2) is 5.82 Å². The summed E-state index contributed by atoms with van der Waals surface area (Å²) < 4.78 is 0. The molecule has 2 aromatic rings. The summed E-state index contributed by atoms with van der Waals surface area (Å²) in [5, 5.41) is 4.02. The van der Waals surface area contributed by atoms with Crippen molar-refractivity contribution >= 4 is 23.5 Å². The maximum Gasteiger partial charge on any atom is 0.225 e. The van der Waals surface area contributed by atoms with E-state index in [4.69, 9.17) is 0 Å². The van der Waals surface area contributed by atoms with E-state index in [0.29, 0.717) is 6.54 Å². The van der Waals surface area contributed by atoms with Crippen LogP contribution in [0, 0.1) is 12.8 Å². The standard InChI is InChI=1S/C21H28N4OS/c1-4-16(3)24-20(26)17-6-5-13-25(14-17)19-21(23-12-11-22-19)27-18-9-7-15(2)8-10-18/h7-12,16-17H,4-6,13-14H2,1-3H3,(H,24,26). The average Bonchev–Trinajstić information content (AvgIpc) is 2.70. The maximum absolute atomic E-state index is 12.6. The van der Waals surface area contributed by atoms with Crippen molar-refractivity contribution in [2.24, 2.45) is 5.92 Å². The number of aromatic nitrogens is 2. The molecular weight excluding hydrogens is 356 g/mol. The minimum absolute atomic E-state index is 0.00646. The van der Waals surface area contributed by atoms with Gasteiger partial charge in [0, 0.05) is 36.4 Å². The summed E-state index contributed by atoms with van der Waals surface area (Å²) in [5.41, 5.74) is 1.24. The second kappa shape index (κ2) is 9.22. The predicted molar refractivity (Wildman–Crippen MR) is 110 cm³/mol. The number of piperidine rings is 1. The smallest absolute Gasteiger partial charge is 0.225 e. The quantitative estimate of drug-likeness (QED) is 0.814. The van der Waals surface area contributed by atoms with Gasteiger partial charge in [-0.1, -0.05) is 36.4 Å². The Balaban J connectivity index is 1.73. The van der Waals surface area contributed by atoms with Gasteiger partial charge in [0.1, 0.15) is 5.03 Å². The summed E-state index contributed by atoms with van der Waals surface area (Å²) in [6, 6.07) is 8.65. The van der Waals surface area contributed by atoms with Crippen LogP contribution >= 0.6 is 11.8 Å². The highest BCUT2D eigenvalue weighted by atomic mass is 32.2. The number of hydrogen-bond donors (Lipinski definition) is 1. The fourth-order valence-corrected chi connectivity index (χ4v) is 4.05. The molecule has 1 N–H and O–H groups in total. The first kappa shape index (κ1) is 19.7. The van der Waals surface area contributed by atoms with E-state index in [0.717, 1.165) is 41.5 Å². The van der Waals surface area contributed by atoms with Crippen LogP contribution in [0.1, 0.15) is 38.7 Å². The van der Waals surface area contributed by atoms with Gasteiger partial charge in [-0.05, 0) is 45.2 Å². The van der Waals surface area contributed by atoms with E-state index in [1.165, 1.54) is 5.56 Å². The summed E-state index contributed by atoms with van der Waals surface area (Å²) in [6.45, 7) is 7.83. The van der Waals surface area contributed by atoms with Crippen molar-refractivity contribution in [1.82, 2.24) is 15.3 Å². The monoisotopic (exact) mass is 384 g/mol. The van der Waals surface area contributed by atoms with Gasteiger partial charge in [0.05, 0.1) is 5.92 Å². The Morgan fingerprint density at radius 1 is 1.30 bits per heavy atom. The second-order valence-electron chi connectivity index (χ2n) is 7.20. The molecule has 2 unspecified atom stereocenters. The molecule has 0 spiro atoms. The molecule has 6 heteroatoms. The molecule has 3 rings (SSSR count). The average molecular weight is 385 g/mol. The number of carbonyl (C=O) groups is 1. The topological polar surface area (TPSA) is 58.1 Å². The van der Waals surface area contributed by atoms with Gasteiger partial charge in [-0.25, -0.2) is 9.97 Å². The second-order valence-corrected chi connectivity index (χ2v) is 8.27. The van der Waals surface area contributed by atoms with Crippen LogP contribution in [0.5, 0.6) is 0 Å². The van der Waals surface area contributed by atoms with Crippen molar-refractivity contribution < 1.29 is 4.79 Å². The van der Waals surface area contributed by atoms with Gasteiger partial charge < -0.3 is 10.2 Å². The number of nitrogens with zero attached hydrogens (tertiary/aromatic N) is 3. The molecule has 5 nitrogen and oxygen atoms in total. The third-order valence-electron chi connectivity index (χ3n) is 4.97. The van der Waals surface area contributed by atoms with E-state index in [9.17, 15) is 4.79 Å². The molecule has 0 radical (unpaired) electrons. The number of carbonyl (C=O) groups excluding carboxylic acids is 1. The van der Waals surface area contributed by atoms with Gasteiger partial charge in [-0.15, -0.1) is 0 Å². The van der Waals surface area contributed by atoms with Crippen molar-refractivity contribution in [2.75, 3.05) is 18.0 Å². The fraction of sp³-hybridized carbons (Fsp3) is 0.476. The number of benzene rings is 1. The normalized spacial score (nSPS) is 18.2. The van der Waals surface area contributed by atoms with E-state index >= 15 is 0 Å². The molecule has 1 saturated heterocycles. The van der Waals surface area contributed by atoms with Crippen LogP contribution in [-0.4, -0.2) is 35.0 Å². The predicted octanol–water partition coefficient (Wildman–Crippen LogP) is 4.07. The number of aryl methyl sites for hydroxylation is 1. The van der Waals surface area contributed by atoms with Crippen LogP contribution in [0.2, 0.25) is 0 Å². The highest BCUT2D eigenvalue weighted by Gasteiger charge is 2.28. The molecule has 1 aliphatic rings. The number of nitrogens with one attached hydrogen (secondary N) is 1. The molecule has 1 aromatic heterocycles. The fourth-order valence-electron chi connectivity index (χ4n) is 3.17. The Bertz CT molecular complexity index is 765. The number of hydrogen-bond acceptors (Lipinski definition) is 5.